The highest BCUT2D eigenvalue weighted by Crippen LogP contribution is 2.40. The molecule has 0 N–H and O–H groups in total. The Morgan fingerprint density at radius 1 is 1.06 bits per heavy atom. The Labute approximate surface area is 178 Å². The van der Waals surface area contributed by atoms with Crippen molar-refractivity contribution in [3.05, 3.63) is 65.5 Å². The number of benzene rings is 2. The lowest BCUT2D eigenvalue weighted by molar-refractivity contribution is -0.138. The molecule has 2 aromatic rings. The van der Waals surface area contributed by atoms with Crippen LogP contribution in [0.1, 0.15) is 37.8 Å². The highest BCUT2D eigenvalue weighted by Gasteiger charge is 2.46. The number of halogens is 4. The molecule has 0 aromatic heterocycles. The Kier molecular flexibility index (Phi) is 6.19. The lowest BCUT2D eigenvalue weighted by Gasteiger charge is -2.39. The van der Waals surface area contributed by atoms with Crippen molar-refractivity contribution in [2.24, 2.45) is 5.92 Å². The fraction of sp³-hybridized carbons (Fsp3) is 0.409. The van der Waals surface area contributed by atoms with E-state index in [0.29, 0.717) is 19.0 Å². The van der Waals surface area contributed by atoms with Crippen LogP contribution in [0, 0.1) is 11.7 Å². The van der Waals surface area contributed by atoms with Crippen LogP contribution in [0.15, 0.2) is 53.4 Å². The third kappa shape index (κ3) is 4.76. The molecule has 1 aliphatic rings. The second-order valence-electron chi connectivity index (χ2n) is 8.26. The average molecular weight is 457 g/mol. The maximum Gasteiger partial charge on any atom is 0.416 e. The molecular weight excluding hydrogens is 434 g/mol. The van der Waals surface area contributed by atoms with E-state index in [0.717, 1.165) is 23.8 Å². The summed E-state index contributed by atoms with van der Waals surface area (Å²) in [7, 11) is -4.14. The Bertz CT molecular complexity index is 1060. The normalized spacial score (nSPS) is 18.3. The van der Waals surface area contributed by atoms with Crippen molar-refractivity contribution in [2.45, 2.75) is 49.1 Å². The van der Waals surface area contributed by atoms with Gasteiger partial charge in [-0.2, -0.15) is 13.2 Å². The van der Waals surface area contributed by atoms with Gasteiger partial charge in [-0.1, -0.05) is 18.2 Å². The number of sulfone groups is 1. The summed E-state index contributed by atoms with van der Waals surface area (Å²) in [6.07, 6.45) is -4.30. The van der Waals surface area contributed by atoms with E-state index in [4.69, 9.17) is 0 Å². The molecule has 31 heavy (non-hydrogen) atoms. The number of carbonyl (C=O) groups excluding carboxylic acids is 1. The number of alkyl halides is 3. The van der Waals surface area contributed by atoms with Crippen LogP contribution in [0.25, 0.3) is 0 Å². The molecule has 1 fully saturated rings. The van der Waals surface area contributed by atoms with Crippen molar-refractivity contribution in [3.8, 4) is 0 Å². The van der Waals surface area contributed by atoms with Gasteiger partial charge < -0.3 is 4.90 Å². The predicted molar refractivity (Wildman–Crippen MR) is 107 cm³/mol. The molecule has 1 saturated heterocycles. The van der Waals surface area contributed by atoms with Crippen LogP contribution in [-0.4, -0.2) is 30.5 Å². The van der Waals surface area contributed by atoms with Gasteiger partial charge in [0.1, 0.15) is 5.82 Å². The number of piperidine rings is 1. The summed E-state index contributed by atoms with van der Waals surface area (Å²) in [4.78, 5) is 13.9. The van der Waals surface area contributed by atoms with Crippen LogP contribution in [0.5, 0.6) is 0 Å². The van der Waals surface area contributed by atoms with E-state index in [1.54, 1.807) is 17.0 Å². The molecular formula is C22H23F4NO3S. The van der Waals surface area contributed by atoms with Crippen molar-refractivity contribution < 1.29 is 30.8 Å². The zero-order chi connectivity index (χ0) is 23.0. The van der Waals surface area contributed by atoms with Gasteiger partial charge in [0.05, 0.1) is 15.2 Å². The van der Waals surface area contributed by atoms with Crippen molar-refractivity contribution >= 4 is 15.7 Å². The molecule has 0 bridgehead atoms. The Morgan fingerprint density at radius 3 is 2.29 bits per heavy atom. The van der Waals surface area contributed by atoms with Crippen molar-refractivity contribution in [1.82, 2.24) is 4.90 Å². The summed E-state index contributed by atoms with van der Waals surface area (Å²) in [6.45, 7) is 3.50. The van der Waals surface area contributed by atoms with E-state index in [1.165, 1.54) is 26.0 Å². The van der Waals surface area contributed by atoms with E-state index in [2.05, 4.69) is 0 Å². The van der Waals surface area contributed by atoms with Crippen LogP contribution >= 0.6 is 0 Å². The zero-order valence-electron chi connectivity index (χ0n) is 17.1. The largest absolute Gasteiger partial charge is 0.416 e. The Balaban J connectivity index is 1.78. The quantitative estimate of drug-likeness (QED) is 0.604. The maximum absolute atomic E-state index is 13.2. The van der Waals surface area contributed by atoms with Gasteiger partial charge in [0.2, 0.25) is 5.91 Å². The Hall–Kier alpha value is -2.42. The third-order valence-corrected chi connectivity index (χ3v) is 8.55. The summed E-state index contributed by atoms with van der Waals surface area (Å²) >= 11 is 0. The van der Waals surface area contributed by atoms with E-state index >= 15 is 0 Å². The van der Waals surface area contributed by atoms with E-state index in [9.17, 15) is 30.8 Å². The van der Waals surface area contributed by atoms with Gasteiger partial charge in [0.15, 0.2) is 9.84 Å². The highest BCUT2D eigenvalue weighted by molar-refractivity contribution is 7.92. The van der Waals surface area contributed by atoms with Gasteiger partial charge in [-0.15, -0.1) is 0 Å². The average Bonchev–Trinajstić information content (AvgIpc) is 2.70. The van der Waals surface area contributed by atoms with Crippen molar-refractivity contribution in [1.29, 1.82) is 0 Å². The first-order valence-corrected chi connectivity index (χ1v) is 11.2. The third-order valence-electron chi connectivity index (χ3n) is 5.96. The number of likely N-dealkylation sites (tertiary alicyclic amines) is 1. The highest BCUT2D eigenvalue weighted by atomic mass is 32.2. The number of amides is 1. The van der Waals surface area contributed by atoms with Crippen molar-refractivity contribution in [3.63, 3.8) is 0 Å². The summed E-state index contributed by atoms with van der Waals surface area (Å²) < 4.78 is 77.2. The van der Waals surface area contributed by atoms with Crippen molar-refractivity contribution in [2.75, 3.05) is 6.54 Å². The number of nitrogens with zero attached hydrogens (tertiary/aromatic N) is 1. The first-order chi connectivity index (χ1) is 14.3. The Morgan fingerprint density at radius 2 is 1.71 bits per heavy atom. The smallest absolute Gasteiger partial charge is 0.338 e. The second-order valence-corrected chi connectivity index (χ2v) is 10.8. The van der Waals surface area contributed by atoms with E-state index < -0.39 is 37.1 Å². The molecule has 0 radical (unpaired) electrons. The SMILES string of the molecule is CC(C)(C1CCN(Cc2ccc(F)cc2)C(=O)C1)S(=O)(=O)c1cccc(C(F)(F)F)c1. The maximum atomic E-state index is 13.2. The fourth-order valence-corrected chi connectivity index (χ4v) is 5.60. The molecule has 9 heteroatoms. The minimum atomic E-state index is -4.66. The molecule has 168 valence electrons. The molecule has 1 amide bonds. The summed E-state index contributed by atoms with van der Waals surface area (Å²) in [5.74, 6) is -1.17. The van der Waals surface area contributed by atoms with Crippen LogP contribution in [-0.2, 0) is 27.4 Å². The first kappa shape index (κ1) is 23.2. The van der Waals surface area contributed by atoms with E-state index in [-0.39, 0.29) is 24.7 Å². The number of hydrogen-bond donors (Lipinski definition) is 0. The topological polar surface area (TPSA) is 54.5 Å². The lowest BCUT2D eigenvalue weighted by Crippen LogP contribution is -2.48. The fourth-order valence-electron chi connectivity index (χ4n) is 3.81. The van der Waals surface area contributed by atoms with Crippen LogP contribution in [0.3, 0.4) is 0 Å². The molecule has 1 atom stereocenters. The number of rotatable bonds is 5. The molecule has 0 spiro atoms. The van der Waals surface area contributed by atoms with Gasteiger partial charge in [0, 0.05) is 19.5 Å². The number of hydrogen-bond acceptors (Lipinski definition) is 3. The van der Waals surface area contributed by atoms with Gasteiger partial charge in [-0.25, -0.2) is 12.8 Å². The minimum Gasteiger partial charge on any atom is -0.338 e. The monoisotopic (exact) mass is 457 g/mol. The second kappa shape index (κ2) is 8.26. The van der Waals surface area contributed by atoms with Gasteiger partial charge >= 0.3 is 6.18 Å². The lowest BCUT2D eigenvalue weighted by atomic mass is 9.85. The molecule has 1 heterocycles. The van der Waals surface area contributed by atoms with E-state index in [1.807, 2.05) is 0 Å². The minimum absolute atomic E-state index is 0.0353. The van der Waals surface area contributed by atoms with Crippen LogP contribution < -0.4 is 0 Å². The molecule has 1 aliphatic heterocycles. The summed E-state index contributed by atoms with van der Waals surface area (Å²) in [5, 5.41) is 0. The molecule has 3 rings (SSSR count). The molecule has 4 nitrogen and oxygen atoms in total. The number of carbonyl (C=O) groups is 1. The predicted octanol–water partition coefficient (Wildman–Crippen LogP) is 4.84. The van der Waals surface area contributed by atoms with Gasteiger partial charge in [-0.05, 0) is 62.1 Å². The first-order valence-electron chi connectivity index (χ1n) is 9.76. The summed E-state index contributed by atoms with van der Waals surface area (Å²) in [6, 6.07) is 9.45. The molecule has 1 unspecified atom stereocenters. The molecule has 0 saturated carbocycles. The van der Waals surface area contributed by atoms with Gasteiger partial charge in [0.25, 0.3) is 0 Å². The molecule has 2 aromatic carbocycles. The molecule has 0 aliphatic carbocycles. The van der Waals surface area contributed by atoms with Gasteiger partial charge in [-0.3, -0.25) is 4.79 Å². The van der Waals surface area contributed by atoms with Crippen LogP contribution in [0.2, 0.25) is 0 Å². The van der Waals surface area contributed by atoms with Crippen LogP contribution in [0.4, 0.5) is 17.6 Å². The standard InChI is InChI=1S/C22H23F4NO3S/c1-21(2,31(29,30)19-5-3-4-17(12-19)22(24,25)26)16-10-11-27(20(28)13-16)14-15-6-8-18(23)9-7-15/h3-9,12,16H,10-11,13-14H2,1-2H3. The summed E-state index contributed by atoms with van der Waals surface area (Å²) in [5.41, 5.74) is -0.279. The zero-order valence-corrected chi connectivity index (χ0v) is 17.9.